The van der Waals surface area contributed by atoms with Gasteiger partial charge in [-0.15, -0.1) is 0 Å². The number of ether oxygens (including phenoxy) is 1. The van der Waals surface area contributed by atoms with Gasteiger partial charge in [0.15, 0.2) is 5.96 Å². The molecule has 3 N–H and O–H groups in total. The van der Waals surface area contributed by atoms with Crippen molar-refractivity contribution in [2.45, 2.75) is 72.3 Å². The van der Waals surface area contributed by atoms with Crippen LogP contribution in [0.15, 0.2) is 24.3 Å². The SMILES string of the molecule is CCCCCOc1ccc(N(CC(C)(C)CN)C(=N)N2CCCCC2C)cc1. The summed E-state index contributed by atoms with van der Waals surface area (Å²) in [5, 5.41) is 8.95. The van der Waals surface area contributed by atoms with E-state index >= 15 is 0 Å². The van der Waals surface area contributed by atoms with Gasteiger partial charge in [-0.3, -0.25) is 5.41 Å². The largest absolute Gasteiger partial charge is 0.494 e. The second-order valence-corrected chi connectivity index (χ2v) is 8.87. The highest BCUT2D eigenvalue weighted by atomic mass is 16.5. The minimum Gasteiger partial charge on any atom is -0.494 e. The van der Waals surface area contributed by atoms with E-state index in [1.54, 1.807) is 0 Å². The van der Waals surface area contributed by atoms with Crippen molar-refractivity contribution < 1.29 is 4.74 Å². The lowest BCUT2D eigenvalue weighted by atomic mass is 9.92. The molecule has 0 saturated carbocycles. The summed E-state index contributed by atoms with van der Waals surface area (Å²) in [4.78, 5) is 4.36. The molecule has 0 bridgehead atoms. The van der Waals surface area contributed by atoms with Crippen molar-refractivity contribution in [3.63, 3.8) is 0 Å². The molecule has 0 amide bonds. The first-order valence-electron chi connectivity index (χ1n) is 10.9. The predicted octanol–water partition coefficient (Wildman–Crippen LogP) is 4.86. The molecule has 1 heterocycles. The smallest absolute Gasteiger partial charge is 0.198 e. The Morgan fingerprint density at radius 2 is 1.96 bits per heavy atom. The van der Waals surface area contributed by atoms with E-state index in [1.807, 2.05) is 12.1 Å². The van der Waals surface area contributed by atoms with E-state index in [-0.39, 0.29) is 5.41 Å². The van der Waals surface area contributed by atoms with Crippen LogP contribution in [-0.4, -0.2) is 43.1 Å². The van der Waals surface area contributed by atoms with E-state index in [4.69, 9.17) is 15.9 Å². The van der Waals surface area contributed by atoms with E-state index in [1.165, 1.54) is 19.3 Å². The van der Waals surface area contributed by atoms with Gasteiger partial charge >= 0.3 is 0 Å². The molecule has 158 valence electrons. The molecule has 1 fully saturated rings. The van der Waals surface area contributed by atoms with Crippen LogP contribution in [0, 0.1) is 10.8 Å². The number of likely N-dealkylation sites (tertiary alicyclic amines) is 1. The first-order chi connectivity index (χ1) is 13.4. The average molecular weight is 389 g/mol. The van der Waals surface area contributed by atoms with Crippen LogP contribution in [0.3, 0.4) is 0 Å². The summed E-state index contributed by atoms with van der Waals surface area (Å²) in [5.74, 6) is 1.49. The Bertz CT molecular complexity index is 599. The maximum Gasteiger partial charge on any atom is 0.198 e. The number of benzene rings is 1. The molecule has 1 unspecified atom stereocenters. The topological polar surface area (TPSA) is 65.6 Å². The fourth-order valence-corrected chi connectivity index (χ4v) is 3.61. The number of hydrogen-bond acceptors (Lipinski definition) is 3. The molecule has 1 aliphatic rings. The fourth-order valence-electron chi connectivity index (χ4n) is 3.61. The number of hydrogen-bond donors (Lipinski definition) is 2. The molecule has 5 heteroatoms. The maximum atomic E-state index is 8.95. The third-order valence-corrected chi connectivity index (χ3v) is 5.63. The van der Waals surface area contributed by atoms with Crippen LogP contribution >= 0.6 is 0 Å². The number of nitrogens with two attached hydrogens (primary N) is 1. The molecule has 0 aromatic heterocycles. The van der Waals surface area contributed by atoms with E-state index in [2.05, 4.69) is 49.6 Å². The van der Waals surface area contributed by atoms with Gasteiger partial charge in [0.1, 0.15) is 5.75 Å². The van der Waals surface area contributed by atoms with Crippen LogP contribution in [0.5, 0.6) is 5.75 Å². The Morgan fingerprint density at radius 3 is 2.57 bits per heavy atom. The van der Waals surface area contributed by atoms with Gasteiger partial charge in [0.25, 0.3) is 0 Å². The monoisotopic (exact) mass is 388 g/mol. The molecule has 1 saturated heterocycles. The molecule has 2 rings (SSSR count). The van der Waals surface area contributed by atoms with E-state index in [0.717, 1.165) is 50.4 Å². The third-order valence-electron chi connectivity index (χ3n) is 5.63. The van der Waals surface area contributed by atoms with Gasteiger partial charge in [0.2, 0.25) is 0 Å². The number of nitrogens with zero attached hydrogens (tertiary/aromatic N) is 2. The molecular weight excluding hydrogens is 348 g/mol. The van der Waals surface area contributed by atoms with Gasteiger partial charge < -0.3 is 20.3 Å². The highest BCUT2D eigenvalue weighted by Gasteiger charge is 2.29. The summed E-state index contributed by atoms with van der Waals surface area (Å²) in [6.07, 6.45) is 7.05. The highest BCUT2D eigenvalue weighted by molar-refractivity contribution is 5.94. The van der Waals surface area contributed by atoms with Crippen LogP contribution in [0.2, 0.25) is 0 Å². The Kier molecular flexibility index (Phi) is 8.61. The van der Waals surface area contributed by atoms with Gasteiger partial charge in [-0.1, -0.05) is 33.6 Å². The number of rotatable bonds is 9. The molecule has 1 aliphatic heterocycles. The van der Waals surface area contributed by atoms with Crippen molar-refractivity contribution in [3.05, 3.63) is 24.3 Å². The highest BCUT2D eigenvalue weighted by Crippen LogP contribution is 2.27. The lowest BCUT2D eigenvalue weighted by molar-refractivity contribution is 0.250. The van der Waals surface area contributed by atoms with Crippen molar-refractivity contribution in [2.75, 3.05) is 31.1 Å². The van der Waals surface area contributed by atoms with Crippen molar-refractivity contribution in [1.82, 2.24) is 4.90 Å². The summed E-state index contributed by atoms with van der Waals surface area (Å²) >= 11 is 0. The standard InChI is InChI=1S/C23H40N4O/c1-5-6-9-16-28-21-13-11-20(12-14-21)27(18-23(3,4)17-24)22(25)26-15-8-7-10-19(26)2/h11-14,19,25H,5-10,15-18,24H2,1-4H3. The van der Waals surface area contributed by atoms with E-state index in [9.17, 15) is 0 Å². The van der Waals surface area contributed by atoms with Crippen LogP contribution in [0.4, 0.5) is 5.69 Å². The Labute approximate surface area is 171 Å². The average Bonchev–Trinajstić information content (AvgIpc) is 2.70. The molecule has 0 radical (unpaired) electrons. The minimum absolute atomic E-state index is 0.0688. The van der Waals surface area contributed by atoms with Crippen LogP contribution in [0.1, 0.15) is 66.2 Å². The van der Waals surface area contributed by atoms with Crippen LogP contribution < -0.4 is 15.4 Å². The first-order valence-corrected chi connectivity index (χ1v) is 10.9. The number of anilines is 1. The van der Waals surface area contributed by atoms with Gasteiger partial charge in [0.05, 0.1) is 6.61 Å². The summed E-state index contributed by atoms with van der Waals surface area (Å²) < 4.78 is 5.86. The Balaban J connectivity index is 2.15. The van der Waals surface area contributed by atoms with Crippen LogP contribution in [0.25, 0.3) is 0 Å². The minimum atomic E-state index is -0.0688. The van der Waals surface area contributed by atoms with E-state index < -0.39 is 0 Å². The normalized spacial score (nSPS) is 17.5. The third kappa shape index (κ3) is 6.40. The molecule has 1 aromatic rings. The number of nitrogens with one attached hydrogen (secondary N) is 1. The molecule has 1 atom stereocenters. The molecule has 0 aliphatic carbocycles. The van der Waals surface area contributed by atoms with Gasteiger partial charge in [0, 0.05) is 24.8 Å². The van der Waals surface area contributed by atoms with Crippen molar-refractivity contribution in [2.24, 2.45) is 11.1 Å². The molecular formula is C23H40N4O. The maximum absolute atomic E-state index is 8.95. The summed E-state index contributed by atoms with van der Waals surface area (Å²) in [6, 6.07) is 8.61. The van der Waals surface area contributed by atoms with Gasteiger partial charge in [-0.05, 0) is 68.8 Å². The summed E-state index contributed by atoms with van der Waals surface area (Å²) in [6.45, 7) is 11.8. The van der Waals surface area contributed by atoms with Crippen molar-refractivity contribution in [3.8, 4) is 5.75 Å². The zero-order valence-corrected chi connectivity index (χ0v) is 18.3. The molecule has 1 aromatic carbocycles. The van der Waals surface area contributed by atoms with Crippen molar-refractivity contribution in [1.29, 1.82) is 5.41 Å². The van der Waals surface area contributed by atoms with E-state index in [0.29, 0.717) is 18.5 Å². The Hall–Kier alpha value is -1.75. The number of guanidine groups is 1. The van der Waals surface area contributed by atoms with Crippen molar-refractivity contribution >= 4 is 11.6 Å². The number of unbranched alkanes of at least 4 members (excludes halogenated alkanes) is 2. The zero-order valence-electron chi connectivity index (χ0n) is 18.3. The predicted molar refractivity (Wildman–Crippen MR) is 119 cm³/mol. The molecule has 5 nitrogen and oxygen atoms in total. The fraction of sp³-hybridized carbons (Fsp3) is 0.696. The first kappa shape index (κ1) is 22.5. The lowest BCUT2D eigenvalue weighted by Crippen LogP contribution is -2.53. The Morgan fingerprint density at radius 1 is 1.25 bits per heavy atom. The lowest BCUT2D eigenvalue weighted by Gasteiger charge is -2.42. The molecule has 28 heavy (non-hydrogen) atoms. The number of piperidine rings is 1. The second kappa shape index (κ2) is 10.7. The van der Waals surface area contributed by atoms with Crippen LogP contribution in [-0.2, 0) is 0 Å². The summed E-state index contributed by atoms with van der Waals surface area (Å²) in [7, 11) is 0. The van der Waals surface area contributed by atoms with Gasteiger partial charge in [-0.25, -0.2) is 0 Å². The van der Waals surface area contributed by atoms with Gasteiger partial charge in [-0.2, -0.15) is 0 Å². The second-order valence-electron chi connectivity index (χ2n) is 8.87. The summed E-state index contributed by atoms with van der Waals surface area (Å²) in [5.41, 5.74) is 6.98. The molecule has 0 spiro atoms. The zero-order chi connectivity index (χ0) is 20.6. The quantitative estimate of drug-likeness (QED) is 0.360.